The molecule has 1 amide bonds. The molecule has 6 nitrogen and oxygen atoms in total. The number of carbonyl (C=O) groups is 1. The molecule has 0 bridgehead atoms. The maximum Gasteiger partial charge on any atom is 0.264 e. The highest BCUT2D eigenvalue weighted by atomic mass is 32.2. The van der Waals surface area contributed by atoms with Gasteiger partial charge in [-0.25, -0.2) is 8.42 Å². The second-order valence-corrected chi connectivity index (χ2v) is 9.81. The van der Waals surface area contributed by atoms with Gasteiger partial charge >= 0.3 is 0 Å². The lowest BCUT2D eigenvalue weighted by Crippen LogP contribution is -2.26. The van der Waals surface area contributed by atoms with E-state index < -0.39 is 10.0 Å². The fourth-order valence-corrected chi connectivity index (χ4v) is 4.59. The van der Waals surface area contributed by atoms with Crippen molar-refractivity contribution in [3.05, 3.63) is 83.4 Å². The molecule has 32 heavy (non-hydrogen) atoms. The monoisotopic (exact) mass is 452 g/mol. The number of para-hydroxylation sites is 1. The van der Waals surface area contributed by atoms with Crippen molar-refractivity contribution >= 4 is 27.3 Å². The van der Waals surface area contributed by atoms with Gasteiger partial charge in [-0.2, -0.15) is 0 Å². The van der Waals surface area contributed by atoms with E-state index in [1.54, 1.807) is 36.4 Å². The molecule has 3 rings (SSSR count). The molecule has 1 N–H and O–H groups in total. The average Bonchev–Trinajstić information content (AvgIpc) is 2.79. The summed E-state index contributed by atoms with van der Waals surface area (Å²) in [5.41, 5.74) is 3.78. The second-order valence-electron chi connectivity index (χ2n) is 7.84. The zero-order valence-electron chi connectivity index (χ0n) is 18.9. The molecule has 0 saturated heterocycles. The fraction of sp³-hybridized carbons (Fsp3) is 0.240. The van der Waals surface area contributed by atoms with Gasteiger partial charge in [0.1, 0.15) is 5.75 Å². The summed E-state index contributed by atoms with van der Waals surface area (Å²) in [7, 11) is -0.735. The summed E-state index contributed by atoms with van der Waals surface area (Å²) in [5, 5.41) is 3.01. The SMILES string of the molecule is COc1ccc(S(=O)(=O)N(C)c2ccc(C(=O)Nc3c(C)cccc3C(C)C)cc2)cc1. The molecule has 0 unspecified atom stereocenters. The van der Waals surface area contributed by atoms with Crippen molar-refractivity contribution in [3.8, 4) is 5.75 Å². The van der Waals surface area contributed by atoms with E-state index >= 15 is 0 Å². The topological polar surface area (TPSA) is 75.7 Å². The molecule has 7 heteroatoms. The van der Waals surface area contributed by atoms with Gasteiger partial charge < -0.3 is 10.1 Å². The minimum Gasteiger partial charge on any atom is -0.497 e. The maximum absolute atomic E-state index is 12.9. The molecule has 3 aromatic rings. The van der Waals surface area contributed by atoms with Crippen LogP contribution < -0.4 is 14.4 Å². The van der Waals surface area contributed by atoms with Crippen molar-refractivity contribution in [3.63, 3.8) is 0 Å². The number of ether oxygens (including phenoxy) is 1. The van der Waals surface area contributed by atoms with Crippen LogP contribution in [-0.2, 0) is 10.0 Å². The maximum atomic E-state index is 12.9. The van der Waals surface area contributed by atoms with E-state index in [0.29, 0.717) is 17.0 Å². The fourth-order valence-electron chi connectivity index (χ4n) is 3.40. The minimum atomic E-state index is -3.74. The van der Waals surface area contributed by atoms with Crippen LogP contribution in [0.2, 0.25) is 0 Å². The zero-order chi connectivity index (χ0) is 23.5. The highest BCUT2D eigenvalue weighted by Crippen LogP contribution is 2.28. The first-order chi connectivity index (χ1) is 15.1. The summed E-state index contributed by atoms with van der Waals surface area (Å²) in [4.78, 5) is 13.0. The lowest BCUT2D eigenvalue weighted by atomic mass is 9.98. The summed E-state index contributed by atoms with van der Waals surface area (Å²) in [6.07, 6.45) is 0. The van der Waals surface area contributed by atoms with E-state index in [1.165, 1.54) is 30.6 Å². The van der Waals surface area contributed by atoms with Gasteiger partial charge in [-0.15, -0.1) is 0 Å². The Hall–Kier alpha value is -3.32. The van der Waals surface area contributed by atoms with Crippen LogP contribution in [0.1, 0.15) is 41.3 Å². The minimum absolute atomic E-state index is 0.156. The molecule has 0 spiro atoms. The Balaban J connectivity index is 1.81. The van der Waals surface area contributed by atoms with Crippen LogP contribution >= 0.6 is 0 Å². The predicted octanol–water partition coefficient (Wildman–Crippen LogP) is 5.20. The Bertz CT molecular complexity index is 1200. The van der Waals surface area contributed by atoms with Crippen molar-refractivity contribution < 1.29 is 17.9 Å². The third-order valence-electron chi connectivity index (χ3n) is 5.38. The molecule has 0 atom stereocenters. The molecule has 0 fully saturated rings. The van der Waals surface area contributed by atoms with Crippen molar-refractivity contribution in [1.82, 2.24) is 0 Å². The lowest BCUT2D eigenvalue weighted by molar-refractivity contribution is 0.102. The Morgan fingerprint density at radius 3 is 2.16 bits per heavy atom. The van der Waals surface area contributed by atoms with Crippen LogP contribution in [0.5, 0.6) is 5.75 Å². The molecular weight excluding hydrogens is 424 g/mol. The molecule has 0 aromatic heterocycles. The third-order valence-corrected chi connectivity index (χ3v) is 7.18. The molecular formula is C25H28N2O4S. The largest absolute Gasteiger partial charge is 0.497 e. The van der Waals surface area contributed by atoms with Crippen LogP contribution in [0.15, 0.2) is 71.6 Å². The van der Waals surface area contributed by atoms with Crippen molar-refractivity contribution in [2.75, 3.05) is 23.8 Å². The van der Waals surface area contributed by atoms with E-state index in [2.05, 4.69) is 19.2 Å². The number of aryl methyl sites for hydroxylation is 1. The molecule has 0 heterocycles. The van der Waals surface area contributed by atoms with Gasteiger partial charge in [-0.1, -0.05) is 32.0 Å². The average molecular weight is 453 g/mol. The number of anilines is 2. The number of rotatable bonds is 7. The lowest BCUT2D eigenvalue weighted by Gasteiger charge is -2.20. The second kappa shape index (κ2) is 9.44. The zero-order valence-corrected chi connectivity index (χ0v) is 19.7. The van der Waals surface area contributed by atoms with Crippen LogP contribution in [0.4, 0.5) is 11.4 Å². The van der Waals surface area contributed by atoms with Crippen LogP contribution in [-0.4, -0.2) is 28.5 Å². The van der Waals surface area contributed by atoms with Gasteiger partial charge in [-0.3, -0.25) is 9.10 Å². The summed E-state index contributed by atoms with van der Waals surface area (Å²) in [6.45, 7) is 6.13. The Morgan fingerprint density at radius 2 is 1.59 bits per heavy atom. The standard InChI is InChI=1S/C25H28N2O4S/c1-17(2)23-8-6-7-18(3)24(23)26-25(28)19-9-11-20(12-10-19)27(4)32(29,30)22-15-13-21(31-5)14-16-22/h6-17H,1-5H3,(H,26,28). The van der Waals surface area contributed by atoms with Crippen molar-refractivity contribution in [1.29, 1.82) is 0 Å². The molecule has 0 radical (unpaired) electrons. The quantitative estimate of drug-likeness (QED) is 0.534. The number of hydrogen-bond donors (Lipinski definition) is 1. The number of methoxy groups -OCH3 is 1. The summed E-state index contributed by atoms with van der Waals surface area (Å²) < 4.78 is 32.1. The Kier molecular flexibility index (Phi) is 6.89. The van der Waals surface area contributed by atoms with Gasteiger partial charge in [0.05, 0.1) is 17.7 Å². The molecule has 0 aliphatic heterocycles. The highest BCUT2D eigenvalue weighted by molar-refractivity contribution is 7.92. The summed E-state index contributed by atoms with van der Waals surface area (Å²) in [6, 6.07) is 18.6. The van der Waals surface area contributed by atoms with Gasteiger partial charge in [0.2, 0.25) is 0 Å². The summed E-state index contributed by atoms with van der Waals surface area (Å²) >= 11 is 0. The number of carbonyl (C=O) groups excluding carboxylic acids is 1. The molecule has 0 aliphatic rings. The summed E-state index contributed by atoms with van der Waals surface area (Å²) in [5.74, 6) is 0.606. The Morgan fingerprint density at radius 1 is 0.969 bits per heavy atom. The number of benzene rings is 3. The van der Waals surface area contributed by atoms with Crippen molar-refractivity contribution in [2.24, 2.45) is 0 Å². The third kappa shape index (κ3) is 4.78. The number of nitrogens with one attached hydrogen (secondary N) is 1. The van der Waals surface area contributed by atoms with Gasteiger partial charge in [-0.05, 0) is 72.5 Å². The van der Waals surface area contributed by atoms with Gasteiger partial charge in [0.25, 0.3) is 15.9 Å². The molecule has 0 saturated carbocycles. The highest BCUT2D eigenvalue weighted by Gasteiger charge is 2.22. The smallest absolute Gasteiger partial charge is 0.264 e. The molecule has 3 aromatic carbocycles. The first kappa shape index (κ1) is 23.3. The van der Waals surface area contributed by atoms with E-state index in [-0.39, 0.29) is 16.7 Å². The van der Waals surface area contributed by atoms with Crippen molar-refractivity contribution in [2.45, 2.75) is 31.6 Å². The van der Waals surface area contributed by atoms with Gasteiger partial charge in [0, 0.05) is 18.3 Å². The predicted molar refractivity (Wildman–Crippen MR) is 128 cm³/mol. The van der Waals surface area contributed by atoms with Crippen LogP contribution in [0.25, 0.3) is 0 Å². The van der Waals surface area contributed by atoms with E-state index in [0.717, 1.165) is 16.8 Å². The number of nitrogens with zero attached hydrogens (tertiary/aromatic N) is 1. The number of hydrogen-bond acceptors (Lipinski definition) is 4. The Labute approximate surface area is 189 Å². The van der Waals surface area contributed by atoms with E-state index in [1.807, 2.05) is 25.1 Å². The number of amides is 1. The van der Waals surface area contributed by atoms with Crippen LogP contribution in [0, 0.1) is 6.92 Å². The van der Waals surface area contributed by atoms with E-state index in [9.17, 15) is 13.2 Å². The van der Waals surface area contributed by atoms with E-state index in [4.69, 9.17) is 4.74 Å². The number of sulfonamides is 1. The molecule has 168 valence electrons. The first-order valence-electron chi connectivity index (χ1n) is 10.3. The van der Waals surface area contributed by atoms with Gasteiger partial charge in [0.15, 0.2) is 0 Å². The van der Waals surface area contributed by atoms with Crippen LogP contribution in [0.3, 0.4) is 0 Å². The first-order valence-corrected chi connectivity index (χ1v) is 11.7. The molecule has 0 aliphatic carbocycles. The normalized spacial score (nSPS) is 11.3.